The van der Waals surface area contributed by atoms with Crippen LogP contribution >= 0.6 is 0 Å². The summed E-state index contributed by atoms with van der Waals surface area (Å²) in [5.74, 6) is 0.687. The third-order valence-corrected chi connectivity index (χ3v) is 6.60. The second-order valence-electron chi connectivity index (χ2n) is 10.2. The van der Waals surface area contributed by atoms with Gasteiger partial charge in [0.25, 0.3) is 6.43 Å². The summed E-state index contributed by atoms with van der Waals surface area (Å²) in [5.41, 5.74) is 9.76. The first kappa shape index (κ1) is 34.7. The van der Waals surface area contributed by atoms with Gasteiger partial charge in [-0.15, -0.1) is 0 Å². The Morgan fingerprint density at radius 3 is 2.50 bits per heavy atom. The van der Waals surface area contributed by atoms with Crippen molar-refractivity contribution in [3.8, 4) is 5.75 Å². The van der Waals surface area contributed by atoms with Crippen molar-refractivity contribution in [2.75, 3.05) is 50.5 Å². The highest BCUT2D eigenvalue weighted by atomic mass is 19.3. The molecular weight excluding hydrogens is 548 g/mol. The number of nitrogens with one attached hydrogen (secondary N) is 1. The average molecular weight is 594 g/mol. The van der Waals surface area contributed by atoms with Crippen LogP contribution in [0.1, 0.15) is 68.8 Å². The number of carbonyl (C=O) groups is 2. The van der Waals surface area contributed by atoms with Crippen LogP contribution < -0.4 is 15.8 Å². The molecule has 0 saturated carbocycles. The van der Waals surface area contributed by atoms with Gasteiger partial charge < -0.3 is 25.3 Å². The first-order chi connectivity index (χ1) is 20.0. The number of nitrogen functional groups attached to an aromatic ring is 1. The standard InChI is InChI=1S/C30H45F2N5O5/c1-6-9-24(12-15-41-22(5)38)35-29-26(21(4)34-30(33)36-29)17-23-10-11-25(16-20(23)3)42-14-8-13-37(18-27(31)32)19-28(39)40-7-2/h10-11,16,24,27H,6-9,12-15,17-19H2,1-5H3,(H3,33,34,35,36)/t24-/m0/s1. The summed E-state index contributed by atoms with van der Waals surface area (Å²) < 4.78 is 41.7. The number of esters is 2. The first-order valence-corrected chi connectivity index (χ1v) is 14.4. The number of hydrogen-bond donors (Lipinski definition) is 2. The second kappa shape index (κ2) is 18.1. The topological polar surface area (TPSA) is 129 Å². The van der Waals surface area contributed by atoms with Gasteiger partial charge in [0.15, 0.2) is 0 Å². The van der Waals surface area contributed by atoms with Crippen LogP contribution in [-0.4, -0.2) is 78.7 Å². The Balaban J connectivity index is 2.05. The predicted octanol–water partition coefficient (Wildman–Crippen LogP) is 4.70. The first-order valence-electron chi connectivity index (χ1n) is 14.4. The van der Waals surface area contributed by atoms with Crippen LogP contribution in [0.2, 0.25) is 0 Å². The summed E-state index contributed by atoms with van der Waals surface area (Å²) in [7, 11) is 0. The highest BCUT2D eigenvalue weighted by molar-refractivity contribution is 5.71. The van der Waals surface area contributed by atoms with Crippen molar-refractivity contribution in [3.63, 3.8) is 0 Å². The fourth-order valence-corrected chi connectivity index (χ4v) is 4.57. The number of benzene rings is 1. The lowest BCUT2D eigenvalue weighted by Gasteiger charge is -2.22. The largest absolute Gasteiger partial charge is 0.494 e. The van der Waals surface area contributed by atoms with Gasteiger partial charge in [0, 0.05) is 43.6 Å². The molecule has 0 saturated heterocycles. The van der Waals surface area contributed by atoms with Gasteiger partial charge in [-0.25, -0.2) is 13.8 Å². The van der Waals surface area contributed by atoms with Crippen molar-refractivity contribution in [1.29, 1.82) is 0 Å². The zero-order chi connectivity index (χ0) is 31.1. The summed E-state index contributed by atoms with van der Waals surface area (Å²) in [5, 5.41) is 3.50. The highest BCUT2D eigenvalue weighted by Gasteiger charge is 2.18. The van der Waals surface area contributed by atoms with E-state index < -0.39 is 18.9 Å². The SMILES string of the molecule is CCC[C@@H](CCOC(C)=O)Nc1nc(N)nc(C)c1Cc1ccc(OCCCN(CC(=O)OCC)CC(F)F)cc1C. The zero-order valence-electron chi connectivity index (χ0n) is 25.4. The van der Waals surface area contributed by atoms with E-state index in [1.807, 2.05) is 32.0 Å². The molecule has 0 radical (unpaired) electrons. The Hall–Kier alpha value is -3.54. The second-order valence-corrected chi connectivity index (χ2v) is 10.2. The van der Waals surface area contributed by atoms with Crippen molar-refractivity contribution in [2.24, 2.45) is 0 Å². The number of nitrogens with zero attached hydrogens (tertiary/aromatic N) is 3. The number of nitrogens with two attached hydrogens (primary N) is 1. The van der Waals surface area contributed by atoms with Crippen LogP contribution in [0.5, 0.6) is 5.75 Å². The van der Waals surface area contributed by atoms with Gasteiger partial charge in [-0.1, -0.05) is 19.4 Å². The molecule has 1 aromatic heterocycles. The summed E-state index contributed by atoms with van der Waals surface area (Å²) in [4.78, 5) is 33.2. The summed E-state index contributed by atoms with van der Waals surface area (Å²) in [6.45, 7) is 9.51. The summed E-state index contributed by atoms with van der Waals surface area (Å²) >= 11 is 0. The number of aromatic nitrogens is 2. The third kappa shape index (κ3) is 12.5. The Morgan fingerprint density at radius 2 is 1.86 bits per heavy atom. The molecule has 0 aliphatic rings. The van der Waals surface area contributed by atoms with E-state index >= 15 is 0 Å². The molecular formula is C30H45F2N5O5. The van der Waals surface area contributed by atoms with Crippen LogP contribution in [-0.2, 0) is 25.5 Å². The fraction of sp³-hybridized carbons (Fsp3) is 0.600. The molecule has 3 N–H and O–H groups in total. The number of rotatable bonds is 19. The van der Waals surface area contributed by atoms with Gasteiger partial charge in [0.2, 0.25) is 5.95 Å². The van der Waals surface area contributed by atoms with Crippen molar-refractivity contribution in [2.45, 2.75) is 79.2 Å². The fourth-order valence-electron chi connectivity index (χ4n) is 4.57. The average Bonchev–Trinajstić information content (AvgIpc) is 2.89. The van der Waals surface area contributed by atoms with Gasteiger partial charge in [0.1, 0.15) is 11.6 Å². The van der Waals surface area contributed by atoms with E-state index in [2.05, 4.69) is 22.2 Å². The molecule has 1 heterocycles. The van der Waals surface area contributed by atoms with Crippen LogP contribution in [0.25, 0.3) is 0 Å². The van der Waals surface area contributed by atoms with E-state index in [-0.39, 0.29) is 37.7 Å². The number of ether oxygens (including phenoxy) is 3. The van der Waals surface area contributed by atoms with E-state index in [1.165, 1.54) is 11.8 Å². The van der Waals surface area contributed by atoms with Crippen LogP contribution in [0.4, 0.5) is 20.5 Å². The molecule has 10 nitrogen and oxygen atoms in total. The molecule has 42 heavy (non-hydrogen) atoms. The number of halogens is 2. The van der Waals surface area contributed by atoms with Crippen LogP contribution in [0.15, 0.2) is 18.2 Å². The molecule has 2 rings (SSSR count). The lowest BCUT2D eigenvalue weighted by Crippen LogP contribution is -2.36. The predicted molar refractivity (Wildman–Crippen MR) is 158 cm³/mol. The van der Waals surface area contributed by atoms with Gasteiger partial charge in [-0.2, -0.15) is 4.98 Å². The minimum absolute atomic E-state index is 0.0487. The number of carbonyl (C=O) groups excluding carboxylic acids is 2. The van der Waals surface area contributed by atoms with Crippen molar-refractivity contribution in [1.82, 2.24) is 14.9 Å². The van der Waals surface area contributed by atoms with Crippen molar-refractivity contribution >= 4 is 23.7 Å². The Morgan fingerprint density at radius 1 is 1.10 bits per heavy atom. The lowest BCUT2D eigenvalue weighted by atomic mass is 9.99. The Bertz CT molecular complexity index is 1150. The van der Waals surface area contributed by atoms with Gasteiger partial charge in [0.05, 0.1) is 32.9 Å². The van der Waals surface area contributed by atoms with Gasteiger partial charge >= 0.3 is 11.9 Å². The third-order valence-electron chi connectivity index (χ3n) is 6.60. The van der Waals surface area contributed by atoms with Gasteiger partial charge in [-0.05, 0) is 56.9 Å². The molecule has 0 aliphatic carbocycles. The summed E-state index contributed by atoms with van der Waals surface area (Å²) in [6, 6.07) is 5.84. The summed E-state index contributed by atoms with van der Waals surface area (Å²) in [6.07, 6.45) is 0.962. The molecule has 0 unspecified atom stereocenters. The molecule has 234 valence electrons. The smallest absolute Gasteiger partial charge is 0.320 e. The zero-order valence-corrected chi connectivity index (χ0v) is 25.4. The number of anilines is 2. The lowest BCUT2D eigenvalue weighted by molar-refractivity contribution is -0.145. The molecule has 0 spiro atoms. The van der Waals surface area contributed by atoms with Crippen LogP contribution in [0.3, 0.4) is 0 Å². The molecule has 12 heteroatoms. The van der Waals surface area contributed by atoms with Crippen molar-refractivity contribution in [3.05, 3.63) is 40.6 Å². The number of alkyl halides is 2. The molecule has 0 amide bonds. The normalized spacial score (nSPS) is 11.9. The Kier molecular flexibility index (Phi) is 14.9. The van der Waals surface area contributed by atoms with E-state index in [9.17, 15) is 18.4 Å². The molecule has 0 fully saturated rings. The number of aryl methyl sites for hydroxylation is 2. The maximum absolute atomic E-state index is 12.9. The number of hydrogen-bond acceptors (Lipinski definition) is 10. The molecule has 1 atom stereocenters. The molecule has 0 aliphatic heterocycles. The van der Waals surface area contributed by atoms with Gasteiger partial charge in [-0.3, -0.25) is 14.5 Å². The van der Waals surface area contributed by atoms with E-state index in [0.717, 1.165) is 35.2 Å². The highest BCUT2D eigenvalue weighted by Crippen LogP contribution is 2.26. The van der Waals surface area contributed by atoms with E-state index in [4.69, 9.17) is 19.9 Å². The maximum atomic E-state index is 12.9. The molecule has 0 bridgehead atoms. The molecule has 2 aromatic rings. The molecule has 1 aromatic carbocycles. The quantitative estimate of drug-likeness (QED) is 0.175. The van der Waals surface area contributed by atoms with Crippen molar-refractivity contribution < 1.29 is 32.6 Å². The minimum atomic E-state index is -2.54. The van der Waals surface area contributed by atoms with E-state index in [0.29, 0.717) is 44.0 Å². The van der Waals surface area contributed by atoms with E-state index in [1.54, 1.807) is 6.92 Å². The Labute approximate surface area is 247 Å². The maximum Gasteiger partial charge on any atom is 0.320 e. The minimum Gasteiger partial charge on any atom is -0.494 e. The monoisotopic (exact) mass is 593 g/mol. The van der Waals surface area contributed by atoms with Crippen LogP contribution in [0, 0.1) is 13.8 Å².